The van der Waals surface area contributed by atoms with Gasteiger partial charge in [-0.2, -0.15) is 0 Å². The van der Waals surface area contributed by atoms with E-state index >= 15 is 0 Å². The number of rotatable bonds is 4. The van der Waals surface area contributed by atoms with Gasteiger partial charge in [0.15, 0.2) is 0 Å². The van der Waals surface area contributed by atoms with Crippen LogP contribution in [0.5, 0.6) is 0 Å². The molecule has 18 heavy (non-hydrogen) atoms. The van der Waals surface area contributed by atoms with Gasteiger partial charge in [-0.05, 0) is 23.8 Å². The lowest BCUT2D eigenvalue weighted by molar-refractivity contribution is 0.277. The maximum absolute atomic E-state index is 9.14. The van der Waals surface area contributed by atoms with Crippen molar-refractivity contribution in [3.63, 3.8) is 0 Å². The normalized spacial score (nSPS) is 10.4. The van der Waals surface area contributed by atoms with Gasteiger partial charge in [0.05, 0.1) is 17.3 Å². The van der Waals surface area contributed by atoms with E-state index < -0.39 is 0 Å². The molecule has 0 aliphatic carbocycles. The van der Waals surface area contributed by atoms with Crippen molar-refractivity contribution in [1.82, 2.24) is 9.97 Å². The topological polar surface area (TPSA) is 49.2 Å². The Hall–Kier alpha value is -1.65. The second kappa shape index (κ2) is 5.80. The Bertz CT molecular complexity index is 519. The van der Waals surface area contributed by atoms with Crippen molar-refractivity contribution in [2.45, 2.75) is 13.2 Å². The molecule has 0 saturated heterocycles. The van der Waals surface area contributed by atoms with Crippen molar-refractivity contribution in [3.8, 4) is 0 Å². The van der Waals surface area contributed by atoms with Crippen LogP contribution >= 0.6 is 11.6 Å². The third-order valence-electron chi connectivity index (χ3n) is 2.59. The molecule has 2 heterocycles. The van der Waals surface area contributed by atoms with Crippen molar-refractivity contribution in [1.29, 1.82) is 0 Å². The van der Waals surface area contributed by atoms with Gasteiger partial charge in [-0.3, -0.25) is 4.98 Å². The van der Waals surface area contributed by atoms with Crippen LogP contribution in [0.25, 0.3) is 0 Å². The van der Waals surface area contributed by atoms with E-state index in [1.54, 1.807) is 12.3 Å². The predicted molar refractivity (Wildman–Crippen MR) is 71.5 cm³/mol. The molecule has 0 fully saturated rings. The summed E-state index contributed by atoms with van der Waals surface area (Å²) in [6.45, 7) is 0.542. The number of hydrogen-bond donors (Lipinski definition) is 1. The fourth-order valence-electron chi connectivity index (χ4n) is 1.64. The smallest absolute Gasteiger partial charge is 0.129 e. The van der Waals surface area contributed by atoms with Gasteiger partial charge in [0.25, 0.3) is 0 Å². The SMILES string of the molecule is CN(Cc1cccnc1)c1ccc(Cl)c(CO)n1. The number of aliphatic hydroxyl groups is 1. The van der Waals surface area contributed by atoms with Gasteiger partial charge in [-0.1, -0.05) is 17.7 Å². The Morgan fingerprint density at radius 3 is 2.83 bits per heavy atom. The molecule has 0 aromatic carbocycles. The fraction of sp³-hybridized carbons (Fsp3) is 0.231. The van der Waals surface area contributed by atoms with Gasteiger partial charge >= 0.3 is 0 Å². The molecule has 0 unspecified atom stereocenters. The number of halogens is 1. The second-order valence-corrected chi connectivity index (χ2v) is 4.38. The molecule has 5 heteroatoms. The fourth-order valence-corrected chi connectivity index (χ4v) is 1.81. The standard InChI is InChI=1S/C13H14ClN3O/c1-17(8-10-3-2-6-15-7-10)13-5-4-11(14)12(9-18)16-13/h2-7,18H,8-9H2,1H3. The van der Waals surface area contributed by atoms with Crippen LogP contribution in [-0.4, -0.2) is 22.1 Å². The maximum Gasteiger partial charge on any atom is 0.129 e. The zero-order chi connectivity index (χ0) is 13.0. The van der Waals surface area contributed by atoms with E-state index in [4.69, 9.17) is 16.7 Å². The second-order valence-electron chi connectivity index (χ2n) is 3.97. The lowest BCUT2D eigenvalue weighted by atomic mass is 10.2. The first-order chi connectivity index (χ1) is 8.70. The molecule has 0 saturated carbocycles. The van der Waals surface area contributed by atoms with Crippen LogP contribution in [0.1, 0.15) is 11.3 Å². The largest absolute Gasteiger partial charge is 0.390 e. The highest BCUT2D eigenvalue weighted by atomic mass is 35.5. The number of aliphatic hydroxyl groups excluding tert-OH is 1. The van der Waals surface area contributed by atoms with Crippen molar-refractivity contribution in [2.24, 2.45) is 0 Å². The third-order valence-corrected chi connectivity index (χ3v) is 2.93. The Kier molecular flexibility index (Phi) is 4.12. The first kappa shape index (κ1) is 12.8. The average molecular weight is 264 g/mol. The highest BCUT2D eigenvalue weighted by Crippen LogP contribution is 2.19. The molecule has 0 amide bonds. The van der Waals surface area contributed by atoms with E-state index in [2.05, 4.69) is 9.97 Å². The zero-order valence-electron chi connectivity index (χ0n) is 10.0. The van der Waals surface area contributed by atoms with Crippen LogP contribution in [0.4, 0.5) is 5.82 Å². The molecule has 2 aromatic rings. The molecule has 0 radical (unpaired) electrons. The van der Waals surface area contributed by atoms with Crippen LogP contribution in [-0.2, 0) is 13.2 Å². The monoisotopic (exact) mass is 263 g/mol. The molecular formula is C13H14ClN3O. The van der Waals surface area contributed by atoms with E-state index in [9.17, 15) is 0 Å². The van der Waals surface area contributed by atoms with E-state index in [0.717, 1.165) is 11.4 Å². The highest BCUT2D eigenvalue weighted by Gasteiger charge is 2.07. The van der Waals surface area contributed by atoms with E-state index in [1.807, 2.05) is 36.3 Å². The quantitative estimate of drug-likeness (QED) is 0.919. The molecule has 1 N–H and O–H groups in total. The van der Waals surface area contributed by atoms with Crippen LogP contribution < -0.4 is 4.90 Å². The Morgan fingerprint density at radius 2 is 2.17 bits per heavy atom. The summed E-state index contributed by atoms with van der Waals surface area (Å²) in [4.78, 5) is 10.4. The Balaban J connectivity index is 2.16. The molecule has 0 bridgehead atoms. The lowest BCUT2D eigenvalue weighted by Gasteiger charge is -2.18. The minimum atomic E-state index is -0.159. The molecular weight excluding hydrogens is 250 g/mol. The summed E-state index contributed by atoms with van der Waals surface area (Å²) in [5.74, 6) is 0.771. The molecule has 94 valence electrons. The number of nitrogens with zero attached hydrogens (tertiary/aromatic N) is 3. The van der Waals surface area contributed by atoms with Crippen LogP contribution in [0.15, 0.2) is 36.7 Å². The first-order valence-corrected chi connectivity index (χ1v) is 5.95. The molecule has 0 aliphatic heterocycles. The van der Waals surface area contributed by atoms with Gasteiger partial charge in [0.2, 0.25) is 0 Å². The Morgan fingerprint density at radius 1 is 1.33 bits per heavy atom. The van der Waals surface area contributed by atoms with E-state index in [0.29, 0.717) is 17.3 Å². The molecule has 4 nitrogen and oxygen atoms in total. The van der Waals surface area contributed by atoms with Crippen LogP contribution in [0, 0.1) is 0 Å². The van der Waals surface area contributed by atoms with Gasteiger partial charge < -0.3 is 10.0 Å². The Labute approximate surface area is 111 Å². The summed E-state index contributed by atoms with van der Waals surface area (Å²) in [5.41, 5.74) is 1.59. The zero-order valence-corrected chi connectivity index (χ0v) is 10.8. The summed E-state index contributed by atoms with van der Waals surface area (Å²) in [6.07, 6.45) is 3.56. The van der Waals surface area contributed by atoms with Gasteiger partial charge in [-0.15, -0.1) is 0 Å². The van der Waals surface area contributed by atoms with E-state index in [-0.39, 0.29) is 6.61 Å². The molecule has 0 spiro atoms. The van der Waals surface area contributed by atoms with Gasteiger partial charge in [0, 0.05) is 26.0 Å². The highest BCUT2D eigenvalue weighted by molar-refractivity contribution is 6.31. The molecule has 2 aromatic heterocycles. The van der Waals surface area contributed by atoms with Crippen molar-refractivity contribution < 1.29 is 5.11 Å². The van der Waals surface area contributed by atoms with Gasteiger partial charge in [0.1, 0.15) is 5.82 Å². The summed E-state index contributed by atoms with van der Waals surface area (Å²) in [7, 11) is 1.93. The van der Waals surface area contributed by atoms with Crippen LogP contribution in [0.3, 0.4) is 0 Å². The van der Waals surface area contributed by atoms with Crippen molar-refractivity contribution in [2.75, 3.05) is 11.9 Å². The minimum Gasteiger partial charge on any atom is -0.390 e. The van der Waals surface area contributed by atoms with Crippen molar-refractivity contribution >= 4 is 17.4 Å². The van der Waals surface area contributed by atoms with Gasteiger partial charge in [-0.25, -0.2) is 4.98 Å². The third kappa shape index (κ3) is 2.97. The van der Waals surface area contributed by atoms with E-state index in [1.165, 1.54) is 0 Å². The number of anilines is 1. The predicted octanol–water partition coefficient (Wildman–Crippen LogP) is 2.26. The molecule has 0 aliphatic rings. The molecule has 2 rings (SSSR count). The summed E-state index contributed by atoms with van der Waals surface area (Å²) >= 11 is 5.91. The van der Waals surface area contributed by atoms with Crippen molar-refractivity contribution in [3.05, 3.63) is 52.9 Å². The minimum absolute atomic E-state index is 0.159. The summed E-state index contributed by atoms with van der Waals surface area (Å²) < 4.78 is 0. The van der Waals surface area contributed by atoms with Crippen LogP contribution in [0.2, 0.25) is 5.02 Å². The number of pyridine rings is 2. The molecule has 0 atom stereocenters. The summed E-state index contributed by atoms with van der Waals surface area (Å²) in [6, 6.07) is 7.48. The number of hydrogen-bond acceptors (Lipinski definition) is 4. The average Bonchev–Trinajstić information content (AvgIpc) is 2.40. The lowest BCUT2D eigenvalue weighted by Crippen LogP contribution is -2.18. The summed E-state index contributed by atoms with van der Waals surface area (Å²) in [5, 5.41) is 9.62. The first-order valence-electron chi connectivity index (χ1n) is 5.57. The maximum atomic E-state index is 9.14. The number of aromatic nitrogens is 2.